The Morgan fingerprint density at radius 2 is 0.535 bits per heavy atom. The average Bonchev–Trinajstić information content (AvgIpc) is 3.50. The van der Waals surface area contributed by atoms with Crippen molar-refractivity contribution in [2.45, 2.75) is 349 Å². The molecule has 3 N–H and O–H groups in total. The van der Waals surface area contributed by atoms with Gasteiger partial charge in [0.2, 0.25) is 0 Å². The molecule has 0 rings (SSSR count). The van der Waals surface area contributed by atoms with Gasteiger partial charge in [-0.3, -0.25) is 37.3 Å². The summed E-state index contributed by atoms with van der Waals surface area (Å²) < 4.78 is 68.1. The fourth-order valence-electron chi connectivity index (χ4n) is 10.0. The Balaban J connectivity index is 5.22. The lowest BCUT2D eigenvalue weighted by atomic mass is 10.0. The van der Waals surface area contributed by atoms with Crippen LogP contribution in [0.5, 0.6) is 0 Å². The number of carbonyl (C=O) groups is 4. The van der Waals surface area contributed by atoms with Gasteiger partial charge in [-0.15, -0.1) is 0 Å². The molecule has 0 fully saturated rings. The monoisotopic (exact) mass is 1270 g/mol. The van der Waals surface area contributed by atoms with Crippen LogP contribution in [0.4, 0.5) is 0 Å². The van der Waals surface area contributed by atoms with Crippen LogP contribution in [0.15, 0.2) is 0 Å². The molecule has 0 aliphatic carbocycles. The van der Waals surface area contributed by atoms with Crippen LogP contribution in [0.3, 0.4) is 0 Å². The molecule has 19 heteroatoms. The minimum absolute atomic E-state index is 0.104. The lowest BCUT2D eigenvalue weighted by Gasteiger charge is -2.21. The highest BCUT2D eigenvalue weighted by atomic mass is 31.2. The van der Waals surface area contributed by atoms with Crippen LogP contribution in [0.1, 0.15) is 331 Å². The summed E-state index contributed by atoms with van der Waals surface area (Å²) in [6.45, 7) is 11.7. The first kappa shape index (κ1) is 84.1. The van der Waals surface area contributed by atoms with Crippen molar-refractivity contribution in [2.75, 3.05) is 39.6 Å². The summed E-state index contributed by atoms with van der Waals surface area (Å²) in [7, 11) is -9.89. The molecular formula is C67H130O17P2. The topological polar surface area (TPSA) is 237 Å². The highest BCUT2D eigenvalue weighted by Gasteiger charge is 2.30. The minimum atomic E-state index is -4.95. The summed E-state index contributed by atoms with van der Waals surface area (Å²) >= 11 is 0. The van der Waals surface area contributed by atoms with Crippen molar-refractivity contribution >= 4 is 39.5 Å². The Kier molecular flexibility index (Phi) is 56.9. The molecule has 17 nitrogen and oxygen atoms in total. The Morgan fingerprint density at radius 3 is 0.791 bits per heavy atom. The maximum atomic E-state index is 13.0. The van der Waals surface area contributed by atoms with Gasteiger partial charge in [-0.25, -0.2) is 9.13 Å². The molecule has 86 heavy (non-hydrogen) atoms. The van der Waals surface area contributed by atoms with Gasteiger partial charge < -0.3 is 33.8 Å². The van der Waals surface area contributed by atoms with Crippen molar-refractivity contribution in [3.05, 3.63) is 0 Å². The Labute approximate surface area is 524 Å². The summed E-state index contributed by atoms with van der Waals surface area (Å²) in [5, 5.41) is 10.5. The van der Waals surface area contributed by atoms with Crippen molar-refractivity contribution in [1.29, 1.82) is 0 Å². The number of aliphatic hydroxyl groups is 1. The normalized spacial score (nSPS) is 14.3. The van der Waals surface area contributed by atoms with Gasteiger partial charge in [-0.2, -0.15) is 0 Å². The number of ether oxygens (including phenoxy) is 4. The molecule has 0 aromatic heterocycles. The van der Waals surface area contributed by atoms with E-state index < -0.39 is 97.5 Å². The summed E-state index contributed by atoms with van der Waals surface area (Å²) in [5.41, 5.74) is 0. The van der Waals surface area contributed by atoms with Crippen LogP contribution in [-0.4, -0.2) is 96.7 Å². The van der Waals surface area contributed by atoms with Crippen LogP contribution < -0.4 is 0 Å². The van der Waals surface area contributed by atoms with E-state index in [0.29, 0.717) is 25.7 Å². The molecule has 0 aromatic rings. The molecule has 0 radical (unpaired) electrons. The summed E-state index contributed by atoms with van der Waals surface area (Å²) in [6.07, 6.45) is 40.4. The molecule has 0 saturated carbocycles. The van der Waals surface area contributed by atoms with Crippen molar-refractivity contribution in [3.8, 4) is 0 Å². The maximum absolute atomic E-state index is 13.0. The van der Waals surface area contributed by atoms with E-state index in [0.717, 1.165) is 120 Å². The maximum Gasteiger partial charge on any atom is 0.472 e. The predicted molar refractivity (Wildman–Crippen MR) is 344 cm³/mol. The number of esters is 4. The molecule has 0 aliphatic rings. The van der Waals surface area contributed by atoms with Gasteiger partial charge >= 0.3 is 39.5 Å². The first-order valence-corrected chi connectivity index (χ1v) is 37.8. The van der Waals surface area contributed by atoms with Crippen LogP contribution in [0.25, 0.3) is 0 Å². The highest BCUT2D eigenvalue weighted by molar-refractivity contribution is 7.47. The first-order valence-electron chi connectivity index (χ1n) is 34.8. The van der Waals surface area contributed by atoms with Crippen LogP contribution in [0.2, 0.25) is 0 Å². The molecule has 5 atom stereocenters. The van der Waals surface area contributed by atoms with Crippen molar-refractivity contribution in [1.82, 2.24) is 0 Å². The third-order valence-electron chi connectivity index (χ3n) is 15.4. The zero-order chi connectivity index (χ0) is 63.8. The minimum Gasteiger partial charge on any atom is -0.462 e. The van der Waals surface area contributed by atoms with E-state index in [1.165, 1.54) is 128 Å². The van der Waals surface area contributed by atoms with Gasteiger partial charge in [-0.1, -0.05) is 280 Å². The number of hydrogen-bond donors (Lipinski definition) is 3. The van der Waals surface area contributed by atoms with Gasteiger partial charge in [-0.05, 0) is 43.4 Å². The summed E-state index contributed by atoms with van der Waals surface area (Å²) in [5.74, 6) is 0.119. The number of aliphatic hydroxyl groups excluding tert-OH is 1. The second-order valence-corrected chi connectivity index (χ2v) is 28.5. The van der Waals surface area contributed by atoms with Gasteiger partial charge in [0.25, 0.3) is 0 Å². The first-order chi connectivity index (χ1) is 41.2. The van der Waals surface area contributed by atoms with E-state index in [1.807, 2.05) is 0 Å². The van der Waals surface area contributed by atoms with Gasteiger partial charge in [0.1, 0.15) is 19.3 Å². The third kappa shape index (κ3) is 60.9. The van der Waals surface area contributed by atoms with Crippen molar-refractivity contribution < 1.29 is 80.2 Å². The second kappa shape index (κ2) is 58.2. The number of unbranched alkanes of at least 4 members (excludes halogenated alkanes) is 33. The van der Waals surface area contributed by atoms with Crippen LogP contribution >= 0.6 is 15.6 Å². The number of carbonyl (C=O) groups excluding carboxylic acids is 4. The molecule has 0 bridgehead atoms. The molecule has 510 valence electrons. The molecule has 0 amide bonds. The molecular weight excluding hydrogens is 1140 g/mol. The largest absolute Gasteiger partial charge is 0.472 e. The standard InChI is InChI=1S/C67H130O17P2/c1-8-9-10-11-24-34-41-48-64(69)77-54-62(84-67(72)51-44-37-30-23-22-27-33-40-47-60(6)7)56-81-85(73,74)79-52-61(68)53-80-86(75,76)82-57-63(83-66(71)50-43-36-29-21-17-13-15-19-26-32-39-46-59(4)5)55-78-65(70)49-42-35-28-20-16-12-14-18-25-31-38-45-58(2)3/h58-63,68H,8-57H2,1-7H3,(H,73,74)(H,75,76)/t61-,62+,63+/m0/s1. The second-order valence-electron chi connectivity index (χ2n) is 25.6. The Hall–Kier alpha value is -1.94. The van der Waals surface area contributed by atoms with E-state index in [1.54, 1.807) is 0 Å². The van der Waals surface area contributed by atoms with Gasteiger partial charge in [0, 0.05) is 25.7 Å². The van der Waals surface area contributed by atoms with E-state index in [2.05, 4.69) is 48.5 Å². The van der Waals surface area contributed by atoms with Gasteiger partial charge in [0.15, 0.2) is 12.2 Å². The lowest BCUT2D eigenvalue weighted by molar-refractivity contribution is -0.161. The molecule has 2 unspecified atom stereocenters. The van der Waals surface area contributed by atoms with Crippen molar-refractivity contribution in [2.24, 2.45) is 17.8 Å². The highest BCUT2D eigenvalue weighted by Crippen LogP contribution is 2.45. The Morgan fingerprint density at radius 1 is 0.314 bits per heavy atom. The molecule has 0 aromatic carbocycles. The average molecular weight is 1270 g/mol. The van der Waals surface area contributed by atoms with Crippen molar-refractivity contribution in [3.63, 3.8) is 0 Å². The van der Waals surface area contributed by atoms with E-state index in [4.69, 9.17) is 37.0 Å². The molecule has 0 spiro atoms. The number of phosphoric acid groups is 2. The zero-order valence-electron chi connectivity index (χ0n) is 55.8. The number of phosphoric ester groups is 2. The fourth-order valence-corrected chi connectivity index (χ4v) is 11.6. The number of hydrogen-bond acceptors (Lipinski definition) is 15. The van der Waals surface area contributed by atoms with E-state index in [-0.39, 0.29) is 25.7 Å². The van der Waals surface area contributed by atoms with E-state index in [9.17, 15) is 43.2 Å². The smallest absolute Gasteiger partial charge is 0.462 e. The quantitative estimate of drug-likeness (QED) is 0.0222. The Bertz CT molecular complexity index is 1700. The van der Waals surface area contributed by atoms with Crippen LogP contribution in [-0.2, 0) is 65.4 Å². The lowest BCUT2D eigenvalue weighted by Crippen LogP contribution is -2.30. The third-order valence-corrected chi connectivity index (χ3v) is 17.3. The SMILES string of the molecule is CCCCCCCCCC(=O)OC[C@H](COP(=O)(O)OC[C@H](O)COP(=O)(O)OC[C@@H](COC(=O)CCCCCCCCCCCCCC(C)C)OC(=O)CCCCCCCCCCCCCC(C)C)OC(=O)CCCCCCCCCCC(C)C. The van der Waals surface area contributed by atoms with E-state index >= 15 is 0 Å². The molecule has 0 heterocycles. The molecule has 0 saturated heterocycles. The zero-order valence-corrected chi connectivity index (χ0v) is 57.6. The molecule has 0 aliphatic heterocycles. The fraction of sp³-hybridized carbons (Fsp3) is 0.940. The van der Waals surface area contributed by atoms with Gasteiger partial charge in [0.05, 0.1) is 26.4 Å². The summed E-state index contributed by atoms with van der Waals surface area (Å²) in [6, 6.07) is 0. The number of rotatable bonds is 65. The predicted octanol–water partition coefficient (Wildman–Crippen LogP) is 18.7. The van der Waals surface area contributed by atoms with Crippen LogP contribution in [0, 0.1) is 17.8 Å². The summed E-state index contributed by atoms with van der Waals surface area (Å²) in [4.78, 5) is 72.3.